The summed E-state index contributed by atoms with van der Waals surface area (Å²) in [7, 11) is 0. The molecule has 1 rings (SSSR count). The Balaban J connectivity index is 2.21. The van der Waals surface area contributed by atoms with Crippen LogP contribution in [0.1, 0.15) is 23.7 Å². The average Bonchev–Trinajstić information content (AvgIpc) is 2.34. The van der Waals surface area contributed by atoms with Crippen molar-refractivity contribution < 1.29 is 19.1 Å². The summed E-state index contributed by atoms with van der Waals surface area (Å²) in [5.41, 5.74) is 0.465. The zero-order chi connectivity index (χ0) is 13.4. The Bertz CT molecular complexity index is 428. The summed E-state index contributed by atoms with van der Waals surface area (Å²) >= 11 is 0. The van der Waals surface area contributed by atoms with Crippen LogP contribution in [-0.4, -0.2) is 30.8 Å². The first-order valence-corrected chi connectivity index (χ1v) is 5.58. The highest BCUT2D eigenvalue weighted by Crippen LogP contribution is 2.00. The predicted octanol–water partition coefficient (Wildman–Crippen LogP) is 0.939. The van der Waals surface area contributed by atoms with Gasteiger partial charge in [-0.2, -0.15) is 0 Å². The van der Waals surface area contributed by atoms with Gasteiger partial charge in [0.15, 0.2) is 0 Å². The van der Waals surface area contributed by atoms with Crippen molar-refractivity contribution in [1.29, 1.82) is 0 Å². The fraction of sp³-hybridized carbons (Fsp3) is 0.308. The van der Waals surface area contributed by atoms with E-state index in [1.807, 2.05) is 0 Å². The van der Waals surface area contributed by atoms with E-state index in [-0.39, 0.29) is 31.3 Å². The van der Waals surface area contributed by atoms with E-state index in [2.05, 4.69) is 5.32 Å². The van der Waals surface area contributed by atoms with Gasteiger partial charge in [-0.15, -0.1) is 0 Å². The summed E-state index contributed by atoms with van der Waals surface area (Å²) in [5.74, 6) is -0.997. The van der Waals surface area contributed by atoms with Crippen molar-refractivity contribution in [2.45, 2.75) is 13.3 Å². The number of hydrogen-bond donors (Lipinski definition) is 1. The number of benzene rings is 1. The zero-order valence-corrected chi connectivity index (χ0v) is 10.1. The molecule has 1 aromatic rings. The minimum absolute atomic E-state index is 0.0807. The largest absolute Gasteiger partial charge is 0.460 e. The van der Waals surface area contributed by atoms with E-state index >= 15 is 0 Å². The molecule has 1 aromatic carbocycles. The Morgan fingerprint density at radius 2 is 1.83 bits per heavy atom. The highest BCUT2D eigenvalue weighted by Gasteiger charge is 2.07. The summed E-state index contributed by atoms with van der Waals surface area (Å²) in [5, 5.41) is 2.48. The number of ether oxygens (including phenoxy) is 1. The monoisotopic (exact) mass is 249 g/mol. The quantitative estimate of drug-likeness (QED) is 0.462. The number of Topliss-reactive ketones (excluding diaryl/α,β-unsaturated/α-hetero) is 1. The van der Waals surface area contributed by atoms with Crippen LogP contribution in [0.25, 0.3) is 0 Å². The van der Waals surface area contributed by atoms with Gasteiger partial charge in [-0.25, -0.2) is 4.79 Å². The van der Waals surface area contributed by atoms with E-state index < -0.39 is 5.97 Å². The normalized spacial score (nSPS) is 9.61. The first-order valence-electron chi connectivity index (χ1n) is 5.58. The fourth-order valence-corrected chi connectivity index (χ4v) is 1.28. The van der Waals surface area contributed by atoms with Crippen molar-refractivity contribution >= 4 is 17.7 Å². The van der Waals surface area contributed by atoms with Crippen LogP contribution in [0.3, 0.4) is 0 Å². The third-order valence-electron chi connectivity index (χ3n) is 2.08. The summed E-state index contributed by atoms with van der Waals surface area (Å²) in [6.45, 7) is 1.62. The maximum absolute atomic E-state index is 11.5. The predicted molar refractivity (Wildman–Crippen MR) is 65.0 cm³/mol. The number of esters is 1. The van der Waals surface area contributed by atoms with Crippen molar-refractivity contribution in [3.63, 3.8) is 0 Å². The molecule has 0 aliphatic carbocycles. The molecule has 96 valence electrons. The van der Waals surface area contributed by atoms with Crippen molar-refractivity contribution in [3.05, 3.63) is 35.9 Å². The van der Waals surface area contributed by atoms with Crippen molar-refractivity contribution in [1.82, 2.24) is 5.32 Å². The first-order chi connectivity index (χ1) is 8.59. The van der Waals surface area contributed by atoms with Gasteiger partial charge < -0.3 is 10.1 Å². The van der Waals surface area contributed by atoms with E-state index in [1.165, 1.54) is 6.92 Å². The van der Waals surface area contributed by atoms with Gasteiger partial charge in [-0.05, 0) is 19.1 Å². The minimum atomic E-state index is -0.434. The molecule has 0 aliphatic rings. The van der Waals surface area contributed by atoms with Crippen LogP contribution in [0.4, 0.5) is 0 Å². The molecule has 0 heterocycles. The molecule has 0 atom stereocenters. The summed E-state index contributed by atoms with van der Waals surface area (Å²) in [6, 6.07) is 8.59. The second-order valence-corrected chi connectivity index (χ2v) is 3.73. The van der Waals surface area contributed by atoms with E-state index in [0.717, 1.165) is 0 Å². The van der Waals surface area contributed by atoms with Crippen molar-refractivity contribution in [2.24, 2.45) is 0 Å². The average molecular weight is 249 g/mol. The number of carbonyl (C=O) groups is 3. The first kappa shape index (κ1) is 13.9. The highest BCUT2D eigenvalue weighted by atomic mass is 16.5. The second-order valence-electron chi connectivity index (χ2n) is 3.73. The second kappa shape index (κ2) is 7.21. The smallest absolute Gasteiger partial charge is 0.338 e. The van der Waals surface area contributed by atoms with Crippen molar-refractivity contribution in [3.8, 4) is 0 Å². The molecule has 5 heteroatoms. The van der Waals surface area contributed by atoms with Crippen molar-refractivity contribution in [2.75, 3.05) is 13.2 Å². The number of hydrogen-bond acceptors (Lipinski definition) is 4. The topological polar surface area (TPSA) is 72.5 Å². The van der Waals surface area contributed by atoms with Gasteiger partial charge in [-0.3, -0.25) is 9.59 Å². The third kappa shape index (κ3) is 5.25. The molecule has 0 fully saturated rings. The molecule has 0 spiro atoms. The van der Waals surface area contributed by atoms with Gasteiger partial charge in [0.05, 0.1) is 18.5 Å². The molecule has 0 unspecified atom stereocenters. The molecule has 18 heavy (non-hydrogen) atoms. The van der Waals surface area contributed by atoms with E-state index in [0.29, 0.717) is 5.56 Å². The van der Waals surface area contributed by atoms with E-state index in [9.17, 15) is 14.4 Å². The molecule has 5 nitrogen and oxygen atoms in total. The molecular weight excluding hydrogens is 234 g/mol. The maximum atomic E-state index is 11.5. The molecule has 1 amide bonds. The third-order valence-corrected chi connectivity index (χ3v) is 2.08. The van der Waals surface area contributed by atoms with Crippen LogP contribution in [0, 0.1) is 0 Å². The number of rotatable bonds is 6. The van der Waals surface area contributed by atoms with Crippen LogP contribution in [0.15, 0.2) is 30.3 Å². The van der Waals surface area contributed by atoms with Gasteiger partial charge in [0.1, 0.15) is 12.4 Å². The Morgan fingerprint density at radius 1 is 1.17 bits per heavy atom. The Kier molecular flexibility index (Phi) is 5.57. The number of ketones is 1. The Labute approximate surface area is 105 Å². The lowest BCUT2D eigenvalue weighted by atomic mass is 10.2. The number of nitrogens with one attached hydrogen (secondary N) is 1. The van der Waals surface area contributed by atoms with Crippen LogP contribution in [-0.2, 0) is 14.3 Å². The van der Waals surface area contributed by atoms with E-state index in [4.69, 9.17) is 4.74 Å². The molecule has 0 bridgehead atoms. The lowest BCUT2D eigenvalue weighted by molar-refractivity contribution is -0.127. The van der Waals surface area contributed by atoms with Crippen LogP contribution >= 0.6 is 0 Å². The highest BCUT2D eigenvalue weighted by molar-refractivity contribution is 5.96. The lowest BCUT2D eigenvalue weighted by Gasteiger charge is -2.05. The Hall–Kier alpha value is -2.17. The zero-order valence-electron chi connectivity index (χ0n) is 10.1. The molecular formula is C13H15NO4. The standard InChI is InChI=1S/C13H15NO4/c1-10(15)9-12(16)14-7-8-18-13(17)11-5-3-2-4-6-11/h2-6H,7-9H2,1H3,(H,14,16). The number of amides is 1. The van der Waals surface area contributed by atoms with Gasteiger partial charge in [0.25, 0.3) is 0 Å². The van der Waals surface area contributed by atoms with Crippen LogP contribution < -0.4 is 5.32 Å². The SMILES string of the molecule is CC(=O)CC(=O)NCCOC(=O)c1ccccc1. The molecule has 0 saturated heterocycles. The van der Waals surface area contributed by atoms with Crippen LogP contribution in [0.5, 0.6) is 0 Å². The number of carbonyl (C=O) groups excluding carboxylic acids is 3. The summed E-state index contributed by atoms with van der Waals surface area (Å²) in [4.78, 5) is 33.2. The van der Waals surface area contributed by atoms with Gasteiger partial charge in [0, 0.05) is 0 Å². The molecule has 0 saturated carbocycles. The molecule has 0 radical (unpaired) electrons. The molecule has 0 aliphatic heterocycles. The van der Waals surface area contributed by atoms with Gasteiger partial charge in [-0.1, -0.05) is 18.2 Å². The molecule has 0 aromatic heterocycles. The van der Waals surface area contributed by atoms with Crippen LogP contribution in [0.2, 0.25) is 0 Å². The summed E-state index contributed by atoms with van der Waals surface area (Å²) < 4.78 is 4.94. The van der Waals surface area contributed by atoms with E-state index in [1.54, 1.807) is 30.3 Å². The summed E-state index contributed by atoms with van der Waals surface area (Å²) in [6.07, 6.45) is -0.146. The maximum Gasteiger partial charge on any atom is 0.338 e. The van der Waals surface area contributed by atoms with Gasteiger partial charge >= 0.3 is 5.97 Å². The fourth-order valence-electron chi connectivity index (χ4n) is 1.28. The molecule has 1 N–H and O–H groups in total. The Morgan fingerprint density at radius 3 is 2.44 bits per heavy atom. The lowest BCUT2D eigenvalue weighted by Crippen LogP contribution is -2.29. The minimum Gasteiger partial charge on any atom is -0.460 e. The van der Waals surface area contributed by atoms with Gasteiger partial charge in [0.2, 0.25) is 5.91 Å².